The van der Waals surface area contributed by atoms with Crippen LogP contribution in [0.5, 0.6) is 11.5 Å². The van der Waals surface area contributed by atoms with E-state index in [0.29, 0.717) is 13.1 Å². The fraction of sp³-hybridized carbons (Fsp3) is 0.381. The fourth-order valence-electron chi connectivity index (χ4n) is 3.46. The Balaban J connectivity index is 1.47. The van der Waals surface area contributed by atoms with Gasteiger partial charge in [0.2, 0.25) is 0 Å². The second kappa shape index (κ2) is 9.28. The summed E-state index contributed by atoms with van der Waals surface area (Å²) in [4.78, 5) is 16.0. The smallest absolute Gasteiger partial charge is 0.275 e. The molecule has 27 heavy (non-hydrogen) atoms. The summed E-state index contributed by atoms with van der Waals surface area (Å²) in [7, 11) is 3.35. The van der Waals surface area contributed by atoms with Crippen molar-refractivity contribution in [2.45, 2.75) is 6.54 Å². The second-order valence-electron chi connectivity index (χ2n) is 6.67. The van der Waals surface area contributed by atoms with E-state index in [2.05, 4.69) is 16.3 Å². The summed E-state index contributed by atoms with van der Waals surface area (Å²) in [6.07, 6.45) is 0. The van der Waals surface area contributed by atoms with Gasteiger partial charge in [0.15, 0.2) is 6.54 Å². The zero-order valence-electron chi connectivity index (χ0n) is 16.0. The van der Waals surface area contributed by atoms with Gasteiger partial charge in [-0.2, -0.15) is 0 Å². The monoisotopic (exact) mass is 370 g/mol. The van der Waals surface area contributed by atoms with Crippen LogP contribution in [0.25, 0.3) is 0 Å². The highest BCUT2D eigenvalue weighted by Crippen LogP contribution is 2.27. The molecule has 0 atom stereocenters. The number of ether oxygens (including phenoxy) is 2. The molecule has 1 saturated heterocycles. The van der Waals surface area contributed by atoms with Crippen molar-refractivity contribution >= 4 is 11.6 Å². The molecule has 144 valence electrons. The summed E-state index contributed by atoms with van der Waals surface area (Å²) in [5.41, 5.74) is 2.11. The number of methoxy groups -OCH3 is 2. The van der Waals surface area contributed by atoms with Crippen LogP contribution in [0.15, 0.2) is 48.5 Å². The number of quaternary nitrogens is 1. The number of carbonyl (C=O) groups is 1. The number of anilines is 1. The van der Waals surface area contributed by atoms with E-state index in [1.807, 2.05) is 42.5 Å². The normalized spacial score (nSPS) is 14.7. The van der Waals surface area contributed by atoms with Gasteiger partial charge in [-0.1, -0.05) is 30.3 Å². The predicted octanol–water partition coefficient (Wildman–Crippen LogP) is 0.725. The molecule has 1 fully saturated rings. The zero-order valence-corrected chi connectivity index (χ0v) is 16.0. The van der Waals surface area contributed by atoms with Gasteiger partial charge in [0.05, 0.1) is 46.1 Å². The molecule has 0 spiro atoms. The number of hydrogen-bond acceptors (Lipinski definition) is 4. The molecule has 0 saturated carbocycles. The third-order valence-electron chi connectivity index (χ3n) is 4.98. The van der Waals surface area contributed by atoms with E-state index in [-0.39, 0.29) is 5.91 Å². The lowest BCUT2D eigenvalue weighted by atomic mass is 10.2. The molecule has 2 aromatic rings. The van der Waals surface area contributed by atoms with E-state index in [1.54, 1.807) is 14.2 Å². The molecule has 6 heteroatoms. The Hall–Kier alpha value is -2.73. The minimum atomic E-state index is 0.0710. The van der Waals surface area contributed by atoms with Gasteiger partial charge in [0, 0.05) is 12.1 Å². The summed E-state index contributed by atoms with van der Waals surface area (Å²) in [5, 5.41) is 3.01. The summed E-state index contributed by atoms with van der Waals surface area (Å²) in [6.45, 7) is 4.67. The topological polar surface area (TPSA) is 55.2 Å². The molecular weight excluding hydrogens is 342 g/mol. The second-order valence-corrected chi connectivity index (χ2v) is 6.67. The van der Waals surface area contributed by atoms with E-state index in [9.17, 15) is 4.79 Å². The molecule has 2 N–H and O–H groups in total. The van der Waals surface area contributed by atoms with E-state index in [1.165, 1.54) is 4.90 Å². The molecule has 1 aliphatic rings. The molecule has 1 heterocycles. The van der Waals surface area contributed by atoms with Crippen LogP contribution < -0.4 is 24.6 Å². The van der Waals surface area contributed by atoms with E-state index in [4.69, 9.17) is 9.47 Å². The fourth-order valence-corrected chi connectivity index (χ4v) is 3.46. The molecule has 0 radical (unpaired) electrons. The average molecular weight is 370 g/mol. The number of rotatable bonds is 7. The quantitative estimate of drug-likeness (QED) is 0.754. The van der Waals surface area contributed by atoms with Crippen molar-refractivity contribution in [1.29, 1.82) is 0 Å². The third-order valence-corrected chi connectivity index (χ3v) is 4.98. The summed E-state index contributed by atoms with van der Waals surface area (Å²) in [6, 6.07) is 15.8. The van der Waals surface area contributed by atoms with Crippen LogP contribution in [-0.4, -0.2) is 52.9 Å². The van der Waals surface area contributed by atoms with Crippen LogP contribution in [0, 0.1) is 0 Å². The first kappa shape index (κ1) is 19.0. The molecule has 1 amide bonds. The zero-order chi connectivity index (χ0) is 19.1. The lowest BCUT2D eigenvalue weighted by Crippen LogP contribution is -3.15. The molecule has 1 aliphatic heterocycles. The van der Waals surface area contributed by atoms with Crippen LogP contribution >= 0.6 is 0 Å². The Morgan fingerprint density at radius 1 is 1.00 bits per heavy atom. The van der Waals surface area contributed by atoms with Crippen molar-refractivity contribution < 1.29 is 19.2 Å². The number of amides is 1. The highest BCUT2D eigenvalue weighted by atomic mass is 16.5. The molecule has 0 aliphatic carbocycles. The minimum Gasteiger partial charge on any atom is -0.496 e. The Morgan fingerprint density at radius 3 is 2.33 bits per heavy atom. The number of carbonyl (C=O) groups excluding carboxylic acids is 1. The number of hydrogen-bond donors (Lipinski definition) is 2. The van der Waals surface area contributed by atoms with Crippen molar-refractivity contribution in [2.75, 3.05) is 51.8 Å². The van der Waals surface area contributed by atoms with E-state index < -0.39 is 0 Å². The van der Waals surface area contributed by atoms with Crippen LogP contribution in [0.1, 0.15) is 5.56 Å². The van der Waals surface area contributed by atoms with Gasteiger partial charge in [0.1, 0.15) is 11.5 Å². The van der Waals surface area contributed by atoms with Gasteiger partial charge in [-0.15, -0.1) is 0 Å². The maximum Gasteiger partial charge on any atom is 0.275 e. The van der Waals surface area contributed by atoms with E-state index >= 15 is 0 Å². The number of para-hydroxylation sites is 3. The minimum absolute atomic E-state index is 0.0710. The Morgan fingerprint density at radius 2 is 1.63 bits per heavy atom. The molecule has 0 aromatic heterocycles. The standard InChI is InChI=1S/C21H27N3O3/c1-26-19-9-5-3-7-17(19)15-22-21(25)16-23-11-13-24(14-12-23)18-8-4-6-10-20(18)27-2/h3-10H,11-16H2,1-2H3,(H,22,25)/p+1. The first-order chi connectivity index (χ1) is 13.2. The van der Waals surface area contributed by atoms with Crippen LogP contribution in [0.2, 0.25) is 0 Å². The predicted molar refractivity (Wildman–Crippen MR) is 106 cm³/mol. The van der Waals surface area contributed by atoms with Crippen LogP contribution in [0.4, 0.5) is 5.69 Å². The summed E-state index contributed by atoms with van der Waals surface area (Å²) >= 11 is 0. The lowest BCUT2D eigenvalue weighted by Gasteiger charge is -2.34. The number of nitrogens with one attached hydrogen (secondary N) is 2. The van der Waals surface area contributed by atoms with Crippen molar-refractivity contribution in [3.8, 4) is 11.5 Å². The van der Waals surface area contributed by atoms with Crippen LogP contribution in [0.3, 0.4) is 0 Å². The average Bonchev–Trinajstić information content (AvgIpc) is 2.73. The van der Waals surface area contributed by atoms with Crippen LogP contribution in [-0.2, 0) is 11.3 Å². The molecular formula is C21H28N3O3+. The number of piperazine rings is 1. The van der Waals surface area contributed by atoms with Gasteiger partial charge in [0.25, 0.3) is 5.91 Å². The van der Waals surface area contributed by atoms with Crippen molar-refractivity contribution in [1.82, 2.24) is 5.32 Å². The molecule has 6 nitrogen and oxygen atoms in total. The van der Waals surface area contributed by atoms with Gasteiger partial charge < -0.3 is 24.6 Å². The molecule has 0 unspecified atom stereocenters. The highest BCUT2D eigenvalue weighted by molar-refractivity contribution is 5.76. The summed E-state index contributed by atoms with van der Waals surface area (Å²) < 4.78 is 10.8. The molecule has 0 bridgehead atoms. The highest BCUT2D eigenvalue weighted by Gasteiger charge is 2.23. The number of nitrogens with zero attached hydrogens (tertiary/aromatic N) is 1. The summed E-state index contributed by atoms with van der Waals surface area (Å²) in [5.74, 6) is 1.77. The van der Waals surface area contributed by atoms with Gasteiger partial charge in [-0.3, -0.25) is 4.79 Å². The third kappa shape index (κ3) is 4.92. The first-order valence-electron chi connectivity index (χ1n) is 9.31. The maximum absolute atomic E-state index is 12.3. The lowest BCUT2D eigenvalue weighted by molar-refractivity contribution is -0.892. The SMILES string of the molecule is COc1ccccc1CNC(=O)C[NH+]1CCN(c2ccccc2OC)CC1. The number of benzene rings is 2. The Bertz CT molecular complexity index is 758. The van der Waals surface area contributed by atoms with E-state index in [0.717, 1.165) is 48.9 Å². The Kier molecular flexibility index (Phi) is 6.54. The Labute approximate surface area is 160 Å². The van der Waals surface area contributed by atoms with Gasteiger partial charge in [-0.25, -0.2) is 0 Å². The largest absolute Gasteiger partial charge is 0.496 e. The first-order valence-corrected chi connectivity index (χ1v) is 9.31. The van der Waals surface area contributed by atoms with Crippen molar-refractivity contribution in [3.63, 3.8) is 0 Å². The van der Waals surface area contributed by atoms with Gasteiger partial charge >= 0.3 is 0 Å². The molecule has 3 rings (SSSR count). The van der Waals surface area contributed by atoms with Crippen molar-refractivity contribution in [3.05, 3.63) is 54.1 Å². The van der Waals surface area contributed by atoms with Gasteiger partial charge in [-0.05, 0) is 18.2 Å². The maximum atomic E-state index is 12.3. The molecule has 2 aromatic carbocycles. The van der Waals surface area contributed by atoms with Crippen molar-refractivity contribution in [2.24, 2.45) is 0 Å².